The standard InChI is InChI=1S/C24H40N6O.HI/c1-4-30-15-7-8-22(30)17-26-24(27-18-23(31)28(2)3)25-16-20-9-11-21(12-10-20)19-29-13-5-6-14-29;/h9-12,22H,4-8,13-19H2,1-3H3,(H2,25,26,27);1H. The number of halogens is 1. The number of likely N-dealkylation sites (tertiary alicyclic amines) is 2. The van der Waals surface area contributed by atoms with Crippen molar-refractivity contribution in [1.82, 2.24) is 25.3 Å². The number of rotatable bonds is 9. The number of guanidine groups is 1. The lowest BCUT2D eigenvalue weighted by Gasteiger charge is -2.24. The van der Waals surface area contributed by atoms with Crippen LogP contribution in [0.1, 0.15) is 43.7 Å². The van der Waals surface area contributed by atoms with Gasteiger partial charge < -0.3 is 15.5 Å². The van der Waals surface area contributed by atoms with Crippen LogP contribution in [0.25, 0.3) is 0 Å². The lowest BCUT2D eigenvalue weighted by molar-refractivity contribution is -0.127. The van der Waals surface area contributed by atoms with Crippen molar-refractivity contribution in [1.29, 1.82) is 0 Å². The van der Waals surface area contributed by atoms with Crippen molar-refractivity contribution in [2.24, 2.45) is 4.99 Å². The first-order valence-electron chi connectivity index (χ1n) is 11.8. The molecular weight excluding hydrogens is 515 g/mol. The zero-order valence-corrected chi connectivity index (χ0v) is 22.3. The molecule has 0 spiro atoms. The molecule has 32 heavy (non-hydrogen) atoms. The quantitative estimate of drug-likeness (QED) is 0.278. The monoisotopic (exact) mass is 556 g/mol. The average Bonchev–Trinajstić information content (AvgIpc) is 3.45. The number of hydrogen-bond donors (Lipinski definition) is 2. The molecule has 8 heteroatoms. The molecule has 1 amide bonds. The first-order chi connectivity index (χ1) is 15.0. The fourth-order valence-electron chi connectivity index (χ4n) is 4.37. The highest BCUT2D eigenvalue weighted by molar-refractivity contribution is 14.0. The maximum absolute atomic E-state index is 12.0. The highest BCUT2D eigenvalue weighted by Gasteiger charge is 2.23. The van der Waals surface area contributed by atoms with Crippen molar-refractivity contribution in [3.8, 4) is 0 Å². The van der Waals surface area contributed by atoms with Gasteiger partial charge in [0, 0.05) is 33.2 Å². The van der Waals surface area contributed by atoms with E-state index in [0.29, 0.717) is 18.5 Å². The van der Waals surface area contributed by atoms with Crippen LogP contribution in [0.5, 0.6) is 0 Å². The van der Waals surface area contributed by atoms with Crippen LogP contribution in [0.3, 0.4) is 0 Å². The minimum atomic E-state index is 0. The number of benzene rings is 1. The summed E-state index contributed by atoms with van der Waals surface area (Å²) in [4.78, 5) is 23.4. The summed E-state index contributed by atoms with van der Waals surface area (Å²) in [5.74, 6) is 0.746. The molecule has 1 atom stereocenters. The summed E-state index contributed by atoms with van der Waals surface area (Å²) >= 11 is 0. The molecule has 2 heterocycles. The first-order valence-corrected chi connectivity index (χ1v) is 11.8. The lowest BCUT2D eigenvalue weighted by atomic mass is 10.1. The molecular formula is C24H41IN6O. The van der Waals surface area contributed by atoms with Gasteiger partial charge >= 0.3 is 0 Å². The molecule has 0 aromatic heterocycles. The smallest absolute Gasteiger partial charge is 0.241 e. The highest BCUT2D eigenvalue weighted by atomic mass is 127. The number of nitrogens with one attached hydrogen (secondary N) is 2. The van der Waals surface area contributed by atoms with Crippen LogP contribution in [0, 0.1) is 0 Å². The summed E-state index contributed by atoms with van der Waals surface area (Å²) in [5.41, 5.74) is 2.55. The van der Waals surface area contributed by atoms with Crippen LogP contribution < -0.4 is 10.6 Å². The Kier molecular flexibility index (Phi) is 11.7. The summed E-state index contributed by atoms with van der Waals surface area (Å²) in [5, 5.41) is 6.68. The molecule has 2 N–H and O–H groups in total. The first kappa shape index (κ1) is 26.9. The molecule has 3 rings (SSSR count). The zero-order chi connectivity index (χ0) is 22.1. The van der Waals surface area contributed by atoms with Gasteiger partial charge in [-0.05, 0) is 63.0 Å². The Bertz CT molecular complexity index is 718. The number of carbonyl (C=O) groups excluding carboxylic acids is 1. The maximum atomic E-state index is 12.0. The minimum Gasteiger partial charge on any atom is -0.355 e. The van der Waals surface area contributed by atoms with Crippen molar-refractivity contribution in [2.45, 2.75) is 51.7 Å². The summed E-state index contributed by atoms with van der Waals surface area (Å²) in [6.45, 7) is 9.64. The van der Waals surface area contributed by atoms with Gasteiger partial charge in [-0.1, -0.05) is 31.2 Å². The SMILES string of the molecule is CCN1CCCC1CNC(=NCc1ccc(CN2CCCC2)cc1)NCC(=O)N(C)C.I. The van der Waals surface area contributed by atoms with Crippen molar-refractivity contribution < 1.29 is 4.79 Å². The van der Waals surface area contributed by atoms with Gasteiger partial charge in [0.2, 0.25) is 5.91 Å². The molecule has 0 bridgehead atoms. The largest absolute Gasteiger partial charge is 0.355 e. The zero-order valence-electron chi connectivity index (χ0n) is 20.0. The van der Waals surface area contributed by atoms with Crippen LogP contribution in [0.15, 0.2) is 29.3 Å². The van der Waals surface area contributed by atoms with Crippen LogP contribution in [-0.2, 0) is 17.9 Å². The van der Waals surface area contributed by atoms with E-state index >= 15 is 0 Å². The molecule has 1 aromatic carbocycles. The van der Waals surface area contributed by atoms with Crippen molar-refractivity contribution >= 4 is 35.8 Å². The molecule has 2 aliphatic rings. The van der Waals surface area contributed by atoms with E-state index in [1.165, 1.54) is 56.4 Å². The van der Waals surface area contributed by atoms with Crippen molar-refractivity contribution in [3.05, 3.63) is 35.4 Å². The number of nitrogens with zero attached hydrogens (tertiary/aromatic N) is 4. The van der Waals surface area contributed by atoms with Crippen molar-refractivity contribution in [2.75, 3.05) is 53.4 Å². The van der Waals surface area contributed by atoms with Gasteiger partial charge in [0.1, 0.15) is 0 Å². The predicted molar refractivity (Wildman–Crippen MR) is 142 cm³/mol. The van der Waals surface area contributed by atoms with Crippen LogP contribution in [0.4, 0.5) is 0 Å². The summed E-state index contributed by atoms with van der Waals surface area (Å²) in [6, 6.07) is 9.32. The van der Waals surface area contributed by atoms with Crippen molar-refractivity contribution in [3.63, 3.8) is 0 Å². The summed E-state index contributed by atoms with van der Waals surface area (Å²) in [6.07, 6.45) is 5.11. The molecule has 0 aliphatic carbocycles. The second kappa shape index (κ2) is 14.0. The van der Waals surface area contributed by atoms with Gasteiger partial charge in [0.05, 0.1) is 13.1 Å². The Hall–Kier alpha value is -1.39. The van der Waals surface area contributed by atoms with E-state index in [1.54, 1.807) is 19.0 Å². The number of likely N-dealkylation sites (N-methyl/N-ethyl adjacent to an activating group) is 2. The Morgan fingerprint density at radius 2 is 1.75 bits per heavy atom. The molecule has 0 saturated carbocycles. The van der Waals surface area contributed by atoms with E-state index in [0.717, 1.165) is 19.6 Å². The van der Waals surface area contributed by atoms with E-state index in [2.05, 4.69) is 51.6 Å². The number of hydrogen-bond acceptors (Lipinski definition) is 4. The van der Waals surface area contributed by atoms with Crippen LogP contribution in [-0.4, -0.2) is 86.0 Å². The summed E-state index contributed by atoms with van der Waals surface area (Å²) in [7, 11) is 3.55. The molecule has 2 saturated heterocycles. The van der Waals surface area contributed by atoms with E-state index in [1.807, 2.05) is 0 Å². The van der Waals surface area contributed by atoms with Gasteiger partial charge in [-0.15, -0.1) is 24.0 Å². The van der Waals surface area contributed by atoms with Gasteiger partial charge in [-0.2, -0.15) is 0 Å². The maximum Gasteiger partial charge on any atom is 0.241 e. The Balaban J connectivity index is 0.00000363. The molecule has 7 nitrogen and oxygen atoms in total. The number of carbonyl (C=O) groups is 1. The van der Waals surface area contributed by atoms with Gasteiger partial charge in [0.25, 0.3) is 0 Å². The van der Waals surface area contributed by atoms with Crippen LogP contribution in [0.2, 0.25) is 0 Å². The van der Waals surface area contributed by atoms with E-state index < -0.39 is 0 Å². The number of aliphatic imine (C=N–C) groups is 1. The fourth-order valence-corrected chi connectivity index (χ4v) is 4.37. The molecule has 180 valence electrons. The third kappa shape index (κ3) is 8.51. The highest BCUT2D eigenvalue weighted by Crippen LogP contribution is 2.16. The molecule has 0 radical (unpaired) electrons. The van der Waals surface area contributed by atoms with E-state index in [4.69, 9.17) is 4.99 Å². The van der Waals surface area contributed by atoms with Crippen LogP contribution >= 0.6 is 24.0 Å². The summed E-state index contributed by atoms with van der Waals surface area (Å²) < 4.78 is 0. The minimum absolute atomic E-state index is 0. The molecule has 1 unspecified atom stereocenters. The second-order valence-corrected chi connectivity index (χ2v) is 8.91. The Morgan fingerprint density at radius 1 is 1.06 bits per heavy atom. The molecule has 2 aliphatic heterocycles. The molecule has 2 fully saturated rings. The predicted octanol–water partition coefficient (Wildman–Crippen LogP) is 2.51. The Labute approximate surface area is 211 Å². The third-order valence-electron chi connectivity index (χ3n) is 6.36. The average molecular weight is 557 g/mol. The molecule has 1 aromatic rings. The van der Waals surface area contributed by atoms with Gasteiger partial charge in [-0.3, -0.25) is 14.6 Å². The normalized spacial score (nSPS) is 19.6. The third-order valence-corrected chi connectivity index (χ3v) is 6.36. The fraction of sp³-hybridized carbons (Fsp3) is 0.667. The topological polar surface area (TPSA) is 63.2 Å². The Morgan fingerprint density at radius 3 is 2.41 bits per heavy atom. The number of amides is 1. The second-order valence-electron chi connectivity index (χ2n) is 8.91. The lowest BCUT2D eigenvalue weighted by Crippen LogP contribution is -2.47. The van der Waals surface area contributed by atoms with Gasteiger partial charge in [-0.25, -0.2) is 4.99 Å². The van der Waals surface area contributed by atoms with E-state index in [-0.39, 0.29) is 36.4 Å². The van der Waals surface area contributed by atoms with Gasteiger partial charge in [0.15, 0.2) is 5.96 Å². The van der Waals surface area contributed by atoms with E-state index in [9.17, 15) is 4.79 Å².